The van der Waals surface area contributed by atoms with Crippen molar-refractivity contribution in [1.29, 1.82) is 0 Å². The molecule has 4 rings (SSSR count). The van der Waals surface area contributed by atoms with E-state index in [-0.39, 0.29) is 32.3 Å². The lowest BCUT2D eigenvalue weighted by molar-refractivity contribution is -0.171. The van der Waals surface area contributed by atoms with E-state index in [1.165, 1.54) is 6.92 Å². The number of rotatable bonds is 19. The Morgan fingerprint density at radius 2 is 1.02 bits per heavy atom. The maximum atomic E-state index is 12.4. The fraction of sp³-hybridized carbons (Fsp3) is 0.324. The van der Waals surface area contributed by atoms with E-state index >= 15 is 0 Å². The molecule has 0 saturated heterocycles. The lowest BCUT2D eigenvalue weighted by Gasteiger charge is -2.37. The summed E-state index contributed by atoms with van der Waals surface area (Å²) in [4.78, 5) is 12.4. The van der Waals surface area contributed by atoms with E-state index in [4.69, 9.17) is 18.9 Å². The smallest absolute Gasteiger partial charge is 0.217 e. The highest BCUT2D eigenvalue weighted by atomic mass is 16.6. The van der Waals surface area contributed by atoms with Gasteiger partial charge in [0.15, 0.2) is 0 Å². The number of carbonyl (C=O) groups is 1. The summed E-state index contributed by atoms with van der Waals surface area (Å²) in [5.74, 6) is -0.385. The van der Waals surface area contributed by atoms with E-state index < -0.39 is 37.1 Å². The topological polar surface area (TPSA) is 106 Å². The summed E-state index contributed by atoms with van der Waals surface area (Å²) in [6.07, 6.45) is -4.01. The third-order valence-electron chi connectivity index (χ3n) is 7.31. The van der Waals surface area contributed by atoms with Crippen LogP contribution in [0.2, 0.25) is 0 Å². The van der Waals surface area contributed by atoms with Crippen molar-refractivity contribution in [2.45, 2.75) is 63.8 Å². The van der Waals surface area contributed by atoms with Gasteiger partial charge in [-0.2, -0.15) is 0 Å². The summed E-state index contributed by atoms with van der Waals surface area (Å²) in [5, 5.41) is 25.2. The SMILES string of the molecule is CC(=O)N[C@@H]([C@@H](O)[C@H](OCc1ccccc1)[C@@H](COCc1ccccc1)OCc1ccccc1)[C@H](CO)OCc1ccccc1. The molecule has 4 aromatic carbocycles. The third kappa shape index (κ3) is 11.5. The van der Waals surface area contributed by atoms with Crippen molar-refractivity contribution in [3.8, 4) is 0 Å². The second-order valence-corrected chi connectivity index (χ2v) is 10.8. The zero-order chi connectivity index (χ0) is 31.7. The van der Waals surface area contributed by atoms with Crippen molar-refractivity contribution in [3.63, 3.8) is 0 Å². The molecular formula is C37H43NO7. The highest BCUT2D eigenvalue weighted by molar-refractivity contribution is 5.73. The number of aliphatic hydroxyl groups is 2. The van der Waals surface area contributed by atoms with Crippen LogP contribution in [0.1, 0.15) is 29.2 Å². The van der Waals surface area contributed by atoms with Gasteiger partial charge in [-0.15, -0.1) is 0 Å². The van der Waals surface area contributed by atoms with Gasteiger partial charge < -0.3 is 34.5 Å². The number of carbonyl (C=O) groups excluding carboxylic acids is 1. The van der Waals surface area contributed by atoms with Crippen LogP contribution < -0.4 is 5.32 Å². The minimum Gasteiger partial charge on any atom is -0.394 e. The number of aliphatic hydroxyl groups excluding tert-OH is 2. The Bertz CT molecular complexity index is 1360. The zero-order valence-corrected chi connectivity index (χ0v) is 25.6. The first-order valence-electron chi connectivity index (χ1n) is 15.2. The van der Waals surface area contributed by atoms with Crippen LogP contribution in [0.3, 0.4) is 0 Å². The molecule has 0 radical (unpaired) electrons. The number of amides is 1. The molecule has 0 aliphatic heterocycles. The van der Waals surface area contributed by atoms with Crippen molar-refractivity contribution >= 4 is 5.91 Å². The Balaban J connectivity index is 1.60. The van der Waals surface area contributed by atoms with Crippen LogP contribution in [0.25, 0.3) is 0 Å². The minimum absolute atomic E-state index is 0.0969. The molecule has 5 atom stereocenters. The van der Waals surface area contributed by atoms with Crippen LogP contribution in [-0.4, -0.2) is 59.8 Å². The van der Waals surface area contributed by atoms with Gasteiger partial charge in [-0.3, -0.25) is 4.79 Å². The van der Waals surface area contributed by atoms with E-state index in [9.17, 15) is 15.0 Å². The second-order valence-electron chi connectivity index (χ2n) is 10.8. The molecule has 4 aromatic rings. The summed E-state index contributed by atoms with van der Waals surface area (Å²) in [7, 11) is 0. The maximum Gasteiger partial charge on any atom is 0.217 e. The monoisotopic (exact) mass is 613 g/mol. The molecule has 0 bridgehead atoms. The number of ether oxygens (including phenoxy) is 4. The lowest BCUT2D eigenvalue weighted by atomic mass is 9.96. The Hall–Kier alpha value is -3.89. The Morgan fingerprint density at radius 1 is 0.622 bits per heavy atom. The van der Waals surface area contributed by atoms with Gasteiger partial charge >= 0.3 is 0 Å². The van der Waals surface area contributed by atoms with Gasteiger partial charge in [-0.05, 0) is 22.3 Å². The molecule has 0 aliphatic carbocycles. The molecule has 0 spiro atoms. The van der Waals surface area contributed by atoms with E-state index in [0.29, 0.717) is 6.61 Å². The number of hydrogen-bond acceptors (Lipinski definition) is 7. The normalized spacial score (nSPS) is 14.6. The lowest BCUT2D eigenvalue weighted by Crippen LogP contribution is -2.59. The quantitative estimate of drug-likeness (QED) is 0.139. The van der Waals surface area contributed by atoms with E-state index in [2.05, 4.69) is 5.32 Å². The first kappa shape index (κ1) is 34.0. The molecule has 0 heterocycles. The molecular weight excluding hydrogens is 570 g/mol. The third-order valence-corrected chi connectivity index (χ3v) is 7.31. The molecule has 0 aliphatic rings. The molecule has 0 fully saturated rings. The van der Waals surface area contributed by atoms with Gasteiger partial charge in [0.2, 0.25) is 5.91 Å². The molecule has 45 heavy (non-hydrogen) atoms. The van der Waals surface area contributed by atoms with Gasteiger partial charge in [0.1, 0.15) is 24.4 Å². The predicted octanol–water partition coefficient (Wildman–Crippen LogP) is 4.82. The highest BCUT2D eigenvalue weighted by Gasteiger charge is 2.40. The van der Waals surface area contributed by atoms with Crippen molar-refractivity contribution in [3.05, 3.63) is 144 Å². The van der Waals surface area contributed by atoms with Crippen LogP contribution >= 0.6 is 0 Å². The first-order chi connectivity index (χ1) is 22.0. The maximum absolute atomic E-state index is 12.4. The highest BCUT2D eigenvalue weighted by Crippen LogP contribution is 2.21. The van der Waals surface area contributed by atoms with Gasteiger partial charge in [0, 0.05) is 6.92 Å². The average Bonchev–Trinajstić information content (AvgIpc) is 3.08. The largest absolute Gasteiger partial charge is 0.394 e. The fourth-order valence-electron chi connectivity index (χ4n) is 4.96. The van der Waals surface area contributed by atoms with E-state index in [0.717, 1.165) is 22.3 Å². The fourth-order valence-corrected chi connectivity index (χ4v) is 4.96. The van der Waals surface area contributed by atoms with Crippen molar-refractivity contribution < 1.29 is 34.0 Å². The Kier molecular flexibility index (Phi) is 14.2. The van der Waals surface area contributed by atoms with Gasteiger partial charge in [0.05, 0.1) is 45.7 Å². The molecule has 0 saturated carbocycles. The van der Waals surface area contributed by atoms with Crippen LogP contribution in [0.15, 0.2) is 121 Å². The standard InChI is InChI=1S/C37H43NO7/c1-28(40)38-35(33(22-39)43-24-30-16-8-3-9-17-30)36(41)37(45-26-32-20-12-5-13-21-32)34(44-25-31-18-10-4-11-19-31)27-42-23-29-14-6-2-7-15-29/h2-21,33-37,39,41H,22-27H2,1H3,(H,38,40)/t33-,34+,35+,36+,37+/m0/s1. The summed E-state index contributed by atoms with van der Waals surface area (Å²) < 4.78 is 25.0. The molecule has 8 heteroatoms. The van der Waals surface area contributed by atoms with Crippen LogP contribution in [0, 0.1) is 0 Å². The molecule has 238 valence electrons. The summed E-state index contributed by atoms with van der Waals surface area (Å²) in [6.45, 7) is 1.95. The molecule has 8 nitrogen and oxygen atoms in total. The van der Waals surface area contributed by atoms with Gasteiger partial charge in [-0.25, -0.2) is 0 Å². The minimum atomic E-state index is -1.34. The van der Waals surface area contributed by atoms with E-state index in [1.54, 1.807) is 0 Å². The molecule has 0 aromatic heterocycles. The van der Waals surface area contributed by atoms with Gasteiger partial charge in [-0.1, -0.05) is 121 Å². The first-order valence-corrected chi connectivity index (χ1v) is 15.2. The number of hydrogen-bond donors (Lipinski definition) is 3. The van der Waals surface area contributed by atoms with Crippen LogP contribution in [0.5, 0.6) is 0 Å². The van der Waals surface area contributed by atoms with Crippen LogP contribution in [0.4, 0.5) is 0 Å². The molecule has 3 N–H and O–H groups in total. The zero-order valence-electron chi connectivity index (χ0n) is 25.6. The summed E-state index contributed by atoms with van der Waals surface area (Å²) in [6, 6.07) is 37.6. The second kappa shape index (κ2) is 18.8. The van der Waals surface area contributed by atoms with Crippen molar-refractivity contribution in [1.82, 2.24) is 5.32 Å². The van der Waals surface area contributed by atoms with E-state index in [1.807, 2.05) is 121 Å². The predicted molar refractivity (Wildman–Crippen MR) is 172 cm³/mol. The summed E-state index contributed by atoms with van der Waals surface area (Å²) >= 11 is 0. The number of nitrogens with one attached hydrogen (secondary N) is 1. The van der Waals surface area contributed by atoms with Gasteiger partial charge in [0.25, 0.3) is 0 Å². The van der Waals surface area contributed by atoms with Crippen LogP contribution in [-0.2, 0) is 50.2 Å². The molecule has 1 amide bonds. The number of benzene rings is 4. The Labute approximate surface area is 265 Å². The van der Waals surface area contributed by atoms with Crippen molar-refractivity contribution in [2.24, 2.45) is 0 Å². The molecule has 0 unspecified atom stereocenters. The summed E-state index contributed by atoms with van der Waals surface area (Å²) in [5.41, 5.74) is 3.73. The van der Waals surface area contributed by atoms with Crippen molar-refractivity contribution in [2.75, 3.05) is 13.2 Å². The Morgan fingerprint density at radius 3 is 1.44 bits per heavy atom. The average molecular weight is 614 g/mol.